The highest BCUT2D eigenvalue weighted by molar-refractivity contribution is 7.20. The lowest BCUT2D eigenvalue weighted by Gasteiger charge is -2.22. The van der Waals surface area contributed by atoms with Crippen LogP contribution in [0.3, 0.4) is 0 Å². The normalized spacial score (nSPS) is 22.4. The molecule has 2 aromatic heterocycles. The second-order valence-corrected chi connectivity index (χ2v) is 9.02. The van der Waals surface area contributed by atoms with Crippen molar-refractivity contribution in [1.29, 1.82) is 0 Å². The molecular formula is C19H27ClN4O2S. The van der Waals surface area contributed by atoms with E-state index in [9.17, 15) is 9.59 Å². The van der Waals surface area contributed by atoms with Crippen LogP contribution in [-0.2, 0) is 13.0 Å². The number of nitrogens with zero attached hydrogens (tertiary/aromatic N) is 3. The average molecular weight is 411 g/mol. The predicted molar refractivity (Wildman–Crippen MR) is 111 cm³/mol. The molecule has 1 atom stereocenters. The number of fused-ring (bicyclic) bond motifs is 2. The van der Waals surface area contributed by atoms with E-state index in [-0.39, 0.29) is 29.3 Å². The second kappa shape index (κ2) is 7.53. The number of aromatic nitrogens is 2. The van der Waals surface area contributed by atoms with Crippen LogP contribution in [0.5, 0.6) is 0 Å². The molecule has 1 unspecified atom stereocenters. The highest BCUT2D eigenvalue weighted by Crippen LogP contribution is 2.33. The van der Waals surface area contributed by atoms with Gasteiger partial charge in [0.15, 0.2) is 0 Å². The van der Waals surface area contributed by atoms with E-state index in [2.05, 4.69) is 6.92 Å². The summed E-state index contributed by atoms with van der Waals surface area (Å²) in [5.74, 6) is 0.888. The third-order valence-corrected chi connectivity index (χ3v) is 7.12. The van der Waals surface area contributed by atoms with Gasteiger partial charge in [0, 0.05) is 26.1 Å². The summed E-state index contributed by atoms with van der Waals surface area (Å²) >= 11 is 1.37. The predicted octanol–water partition coefficient (Wildman–Crippen LogP) is 2.73. The van der Waals surface area contributed by atoms with Gasteiger partial charge in [-0.05, 0) is 43.7 Å². The van der Waals surface area contributed by atoms with E-state index in [1.165, 1.54) is 11.3 Å². The minimum absolute atomic E-state index is 0. The van der Waals surface area contributed by atoms with E-state index in [1.54, 1.807) is 0 Å². The first-order valence-electron chi connectivity index (χ1n) is 9.46. The van der Waals surface area contributed by atoms with E-state index >= 15 is 0 Å². The molecule has 148 valence electrons. The van der Waals surface area contributed by atoms with Crippen LogP contribution in [0.2, 0.25) is 0 Å². The summed E-state index contributed by atoms with van der Waals surface area (Å²) < 4.78 is 1.82. The van der Waals surface area contributed by atoms with Crippen molar-refractivity contribution >= 4 is 39.9 Å². The van der Waals surface area contributed by atoms with Crippen molar-refractivity contribution in [3.63, 3.8) is 0 Å². The van der Waals surface area contributed by atoms with E-state index < -0.39 is 0 Å². The Morgan fingerprint density at radius 2 is 2.07 bits per heavy atom. The van der Waals surface area contributed by atoms with Gasteiger partial charge in [-0.25, -0.2) is 4.98 Å². The summed E-state index contributed by atoms with van der Waals surface area (Å²) in [6.07, 6.45) is 4.98. The highest BCUT2D eigenvalue weighted by Gasteiger charge is 2.36. The SMILES string of the molecule is Cc1c(C(=O)N2CCC(C)(CN)C2)sc2nc3n(c(=O)c12)CCCCC3.Cl. The Morgan fingerprint density at radius 3 is 2.78 bits per heavy atom. The molecule has 0 radical (unpaired) electrons. The summed E-state index contributed by atoms with van der Waals surface area (Å²) in [6, 6.07) is 0. The first-order valence-corrected chi connectivity index (χ1v) is 10.3. The molecule has 6 nitrogen and oxygen atoms in total. The number of aryl methyl sites for hydroxylation is 2. The molecule has 0 bridgehead atoms. The molecule has 2 aliphatic heterocycles. The molecule has 2 aromatic rings. The molecule has 4 rings (SSSR count). The smallest absolute Gasteiger partial charge is 0.264 e. The Balaban J connectivity index is 0.00000210. The highest BCUT2D eigenvalue weighted by atomic mass is 35.5. The van der Waals surface area contributed by atoms with E-state index in [0.717, 1.165) is 56.6 Å². The molecule has 8 heteroatoms. The number of hydrogen-bond acceptors (Lipinski definition) is 5. The summed E-state index contributed by atoms with van der Waals surface area (Å²) in [6.45, 7) is 6.73. The summed E-state index contributed by atoms with van der Waals surface area (Å²) in [5.41, 5.74) is 6.68. The Morgan fingerprint density at radius 1 is 1.30 bits per heavy atom. The van der Waals surface area contributed by atoms with Crippen molar-refractivity contribution in [2.75, 3.05) is 19.6 Å². The van der Waals surface area contributed by atoms with E-state index in [0.29, 0.717) is 28.2 Å². The Labute approximate surface area is 169 Å². The minimum Gasteiger partial charge on any atom is -0.337 e. The lowest BCUT2D eigenvalue weighted by Crippen LogP contribution is -2.34. The van der Waals surface area contributed by atoms with Gasteiger partial charge in [-0.1, -0.05) is 13.3 Å². The van der Waals surface area contributed by atoms with Crippen LogP contribution in [0.25, 0.3) is 10.2 Å². The second-order valence-electron chi connectivity index (χ2n) is 8.02. The van der Waals surface area contributed by atoms with Crippen molar-refractivity contribution in [3.05, 3.63) is 26.6 Å². The van der Waals surface area contributed by atoms with Crippen molar-refractivity contribution in [2.45, 2.75) is 52.5 Å². The average Bonchev–Trinajstić information content (AvgIpc) is 3.07. The molecule has 1 fully saturated rings. The fraction of sp³-hybridized carbons (Fsp3) is 0.632. The Hall–Kier alpha value is -1.44. The zero-order valence-corrected chi connectivity index (χ0v) is 17.5. The van der Waals surface area contributed by atoms with Gasteiger partial charge in [-0.15, -0.1) is 23.7 Å². The molecule has 0 aliphatic carbocycles. The fourth-order valence-electron chi connectivity index (χ4n) is 4.12. The standard InChI is InChI=1S/C19H26N4O2S.ClH/c1-12-14-16(21-13-6-4-3-5-8-23(13)17(14)24)26-15(12)18(25)22-9-7-19(2,10-20)11-22;/h3-11,20H2,1-2H3;1H. The summed E-state index contributed by atoms with van der Waals surface area (Å²) in [7, 11) is 0. The van der Waals surface area contributed by atoms with Crippen molar-refractivity contribution in [1.82, 2.24) is 14.5 Å². The quantitative estimate of drug-likeness (QED) is 0.825. The summed E-state index contributed by atoms with van der Waals surface area (Å²) in [5, 5.41) is 0.629. The molecule has 2 aliphatic rings. The molecule has 2 N–H and O–H groups in total. The molecular weight excluding hydrogens is 384 g/mol. The maximum Gasteiger partial charge on any atom is 0.264 e. The van der Waals surface area contributed by atoms with Crippen molar-refractivity contribution in [2.24, 2.45) is 11.1 Å². The summed E-state index contributed by atoms with van der Waals surface area (Å²) in [4.78, 5) is 34.1. The van der Waals surface area contributed by atoms with Crippen LogP contribution in [0, 0.1) is 12.3 Å². The van der Waals surface area contributed by atoms with Gasteiger partial charge in [0.2, 0.25) is 0 Å². The van der Waals surface area contributed by atoms with Gasteiger partial charge in [0.25, 0.3) is 11.5 Å². The van der Waals surface area contributed by atoms with Crippen LogP contribution < -0.4 is 11.3 Å². The molecule has 0 spiro atoms. The number of hydrogen-bond donors (Lipinski definition) is 1. The number of amides is 1. The number of likely N-dealkylation sites (tertiary alicyclic amines) is 1. The number of carbonyl (C=O) groups is 1. The number of nitrogens with two attached hydrogens (primary N) is 1. The first kappa shape index (κ1) is 20.3. The van der Waals surface area contributed by atoms with Crippen LogP contribution in [-0.4, -0.2) is 40.0 Å². The molecule has 0 saturated carbocycles. The van der Waals surface area contributed by atoms with Crippen LogP contribution in [0.1, 0.15) is 53.7 Å². The number of rotatable bonds is 2. The molecule has 1 saturated heterocycles. The third kappa shape index (κ3) is 3.41. The topological polar surface area (TPSA) is 81.2 Å². The molecule has 27 heavy (non-hydrogen) atoms. The van der Waals surface area contributed by atoms with Gasteiger partial charge < -0.3 is 10.6 Å². The van der Waals surface area contributed by atoms with Gasteiger partial charge in [-0.2, -0.15) is 0 Å². The lowest BCUT2D eigenvalue weighted by molar-refractivity contribution is 0.0781. The fourth-order valence-corrected chi connectivity index (χ4v) is 5.28. The maximum atomic E-state index is 13.1. The van der Waals surface area contributed by atoms with Gasteiger partial charge in [-0.3, -0.25) is 14.2 Å². The van der Waals surface area contributed by atoms with E-state index in [4.69, 9.17) is 10.7 Å². The first-order chi connectivity index (χ1) is 12.4. The lowest BCUT2D eigenvalue weighted by atomic mass is 9.90. The Kier molecular flexibility index (Phi) is 5.66. The van der Waals surface area contributed by atoms with Gasteiger partial charge >= 0.3 is 0 Å². The van der Waals surface area contributed by atoms with Crippen molar-refractivity contribution in [3.8, 4) is 0 Å². The molecule has 0 aromatic carbocycles. The maximum absolute atomic E-state index is 13.1. The Bertz CT molecular complexity index is 938. The van der Waals surface area contributed by atoms with Crippen LogP contribution in [0.15, 0.2) is 4.79 Å². The third-order valence-electron chi connectivity index (χ3n) is 5.94. The molecule has 4 heterocycles. The van der Waals surface area contributed by atoms with Crippen molar-refractivity contribution < 1.29 is 4.79 Å². The monoisotopic (exact) mass is 410 g/mol. The molecule has 1 amide bonds. The zero-order valence-electron chi connectivity index (χ0n) is 15.9. The largest absolute Gasteiger partial charge is 0.337 e. The van der Waals surface area contributed by atoms with E-state index in [1.807, 2.05) is 16.4 Å². The number of halogens is 1. The van der Waals surface area contributed by atoms with Crippen LogP contribution in [0.4, 0.5) is 0 Å². The zero-order chi connectivity index (χ0) is 18.5. The van der Waals surface area contributed by atoms with Gasteiger partial charge in [0.1, 0.15) is 10.7 Å². The van der Waals surface area contributed by atoms with Crippen LogP contribution >= 0.6 is 23.7 Å². The number of carbonyl (C=O) groups excluding carboxylic acids is 1. The number of thiophene rings is 1. The van der Waals surface area contributed by atoms with Gasteiger partial charge in [0.05, 0.1) is 10.3 Å². The minimum atomic E-state index is -0.00458.